The van der Waals surface area contributed by atoms with Gasteiger partial charge in [-0.3, -0.25) is 13.9 Å². The number of hydrogen-bond donors (Lipinski definition) is 1. The van der Waals surface area contributed by atoms with Crippen molar-refractivity contribution in [3.05, 3.63) is 58.9 Å². The van der Waals surface area contributed by atoms with Crippen LogP contribution in [-0.4, -0.2) is 57.1 Å². The number of benzene rings is 2. The summed E-state index contributed by atoms with van der Waals surface area (Å²) in [5.74, 6) is -0.978. The standard InChI is InChI=1S/C26H33ClFN3O5S/c1-18(26(33)29-21-7-5-4-6-8-21)30(16-19-9-11-20(28)12-10-19)25(32)17-31(37(3,34)35)22-13-14-24(36-2)23(27)15-22/h9-15,18,21H,4-8,16-17H2,1-3H3,(H,29,33). The Hall–Kier alpha value is -2.85. The predicted molar refractivity (Wildman–Crippen MR) is 142 cm³/mol. The normalized spacial score (nSPS) is 15.1. The highest BCUT2D eigenvalue weighted by atomic mass is 35.5. The van der Waals surface area contributed by atoms with E-state index in [9.17, 15) is 22.4 Å². The van der Waals surface area contributed by atoms with Gasteiger partial charge in [0.1, 0.15) is 24.2 Å². The molecule has 1 atom stereocenters. The first-order valence-corrected chi connectivity index (χ1v) is 14.4. The molecular weight excluding hydrogens is 521 g/mol. The van der Waals surface area contributed by atoms with E-state index < -0.39 is 34.3 Å². The highest BCUT2D eigenvalue weighted by Crippen LogP contribution is 2.30. The minimum absolute atomic E-state index is 0.000657. The minimum atomic E-state index is -3.89. The first kappa shape index (κ1) is 28.7. The van der Waals surface area contributed by atoms with Gasteiger partial charge >= 0.3 is 0 Å². The van der Waals surface area contributed by atoms with Crippen LogP contribution in [0.25, 0.3) is 0 Å². The third kappa shape index (κ3) is 7.82. The predicted octanol–water partition coefficient (Wildman–Crippen LogP) is 4.12. The van der Waals surface area contributed by atoms with Crippen LogP contribution in [0, 0.1) is 5.82 Å². The highest BCUT2D eigenvalue weighted by Gasteiger charge is 2.31. The molecule has 0 aliphatic heterocycles. The first-order valence-electron chi connectivity index (χ1n) is 12.1. The second-order valence-corrected chi connectivity index (χ2v) is 11.6. The zero-order valence-corrected chi connectivity index (χ0v) is 22.8. The molecule has 11 heteroatoms. The lowest BCUT2D eigenvalue weighted by Crippen LogP contribution is -2.52. The fourth-order valence-corrected chi connectivity index (χ4v) is 5.46. The summed E-state index contributed by atoms with van der Waals surface area (Å²) in [4.78, 5) is 28.1. The van der Waals surface area contributed by atoms with Crippen molar-refractivity contribution in [1.29, 1.82) is 0 Å². The molecule has 1 aliphatic carbocycles. The molecule has 1 saturated carbocycles. The summed E-state index contributed by atoms with van der Waals surface area (Å²) in [6, 6.07) is 9.15. The zero-order chi connectivity index (χ0) is 27.2. The molecule has 0 heterocycles. The number of sulfonamides is 1. The monoisotopic (exact) mass is 553 g/mol. The van der Waals surface area contributed by atoms with Crippen LogP contribution in [0.15, 0.2) is 42.5 Å². The maximum absolute atomic E-state index is 13.6. The number of carbonyl (C=O) groups is 2. The summed E-state index contributed by atoms with van der Waals surface area (Å²) in [7, 11) is -2.46. The average Bonchev–Trinajstić information content (AvgIpc) is 2.86. The molecule has 0 bridgehead atoms. The lowest BCUT2D eigenvalue weighted by molar-refractivity contribution is -0.139. The molecule has 1 unspecified atom stereocenters. The van der Waals surface area contributed by atoms with Crippen LogP contribution in [0.2, 0.25) is 5.02 Å². The van der Waals surface area contributed by atoms with Crippen LogP contribution in [0.5, 0.6) is 5.75 Å². The topological polar surface area (TPSA) is 96.0 Å². The molecule has 2 aromatic rings. The number of ether oxygens (including phenoxy) is 1. The van der Waals surface area contributed by atoms with Gasteiger partial charge in [-0.05, 0) is 55.7 Å². The Bertz CT molecular complexity index is 1200. The number of rotatable bonds is 10. The number of carbonyl (C=O) groups excluding carboxylic acids is 2. The number of halogens is 2. The van der Waals surface area contributed by atoms with Gasteiger partial charge in [0.05, 0.1) is 24.1 Å². The molecular formula is C26H33ClFN3O5S. The summed E-state index contributed by atoms with van der Waals surface area (Å²) in [5.41, 5.74) is 0.785. The van der Waals surface area contributed by atoms with Crippen molar-refractivity contribution in [2.24, 2.45) is 0 Å². The third-order valence-electron chi connectivity index (χ3n) is 6.49. The molecule has 1 N–H and O–H groups in total. The molecule has 0 spiro atoms. The van der Waals surface area contributed by atoms with Gasteiger partial charge in [0, 0.05) is 12.6 Å². The van der Waals surface area contributed by atoms with Crippen molar-refractivity contribution in [2.75, 3.05) is 24.2 Å². The summed E-state index contributed by atoms with van der Waals surface area (Å²) >= 11 is 6.20. The summed E-state index contributed by atoms with van der Waals surface area (Å²) in [5, 5.41) is 3.21. The molecule has 1 aliphatic rings. The first-order chi connectivity index (χ1) is 17.5. The minimum Gasteiger partial charge on any atom is -0.495 e. The van der Waals surface area contributed by atoms with Crippen LogP contribution in [0.4, 0.5) is 10.1 Å². The van der Waals surface area contributed by atoms with E-state index in [0.29, 0.717) is 11.3 Å². The maximum atomic E-state index is 13.6. The van der Waals surface area contributed by atoms with Crippen LogP contribution in [-0.2, 0) is 26.2 Å². The summed E-state index contributed by atoms with van der Waals surface area (Å²) < 4.78 is 44.9. The van der Waals surface area contributed by atoms with Crippen LogP contribution < -0.4 is 14.4 Å². The zero-order valence-electron chi connectivity index (χ0n) is 21.2. The molecule has 0 saturated heterocycles. The van der Waals surface area contributed by atoms with Crippen molar-refractivity contribution < 1.29 is 27.1 Å². The lowest BCUT2D eigenvalue weighted by atomic mass is 9.95. The molecule has 202 valence electrons. The SMILES string of the molecule is COc1ccc(N(CC(=O)N(Cc2ccc(F)cc2)C(C)C(=O)NC2CCCCC2)S(C)(=O)=O)cc1Cl. The smallest absolute Gasteiger partial charge is 0.244 e. The van der Waals surface area contributed by atoms with Crippen molar-refractivity contribution in [3.8, 4) is 5.75 Å². The molecule has 3 rings (SSSR count). The quantitative estimate of drug-likeness (QED) is 0.477. The Balaban J connectivity index is 1.88. The van der Waals surface area contributed by atoms with E-state index in [1.807, 2.05) is 0 Å². The number of anilines is 1. The molecule has 2 amide bonds. The van der Waals surface area contributed by atoms with Gasteiger partial charge in [-0.25, -0.2) is 12.8 Å². The van der Waals surface area contributed by atoms with Crippen molar-refractivity contribution in [3.63, 3.8) is 0 Å². The Morgan fingerprint density at radius 2 is 1.78 bits per heavy atom. The fraction of sp³-hybridized carbons (Fsp3) is 0.462. The van der Waals surface area contributed by atoms with E-state index >= 15 is 0 Å². The van der Waals surface area contributed by atoms with Gasteiger partial charge in [-0.15, -0.1) is 0 Å². The van der Waals surface area contributed by atoms with Crippen LogP contribution >= 0.6 is 11.6 Å². The molecule has 0 aromatic heterocycles. The Kier molecular flexibility index (Phi) is 9.78. The number of amides is 2. The number of nitrogens with one attached hydrogen (secondary N) is 1. The van der Waals surface area contributed by atoms with E-state index in [2.05, 4.69) is 5.32 Å². The van der Waals surface area contributed by atoms with Crippen LogP contribution in [0.3, 0.4) is 0 Å². The summed E-state index contributed by atoms with van der Waals surface area (Å²) in [6.07, 6.45) is 5.95. The molecule has 0 radical (unpaired) electrons. The molecule has 37 heavy (non-hydrogen) atoms. The van der Waals surface area contributed by atoms with Gasteiger partial charge in [-0.1, -0.05) is 43.0 Å². The Morgan fingerprint density at radius 3 is 2.35 bits per heavy atom. The number of methoxy groups -OCH3 is 1. The van der Waals surface area contributed by atoms with Gasteiger partial charge in [0.2, 0.25) is 21.8 Å². The highest BCUT2D eigenvalue weighted by molar-refractivity contribution is 7.92. The number of hydrogen-bond acceptors (Lipinski definition) is 5. The van der Waals surface area contributed by atoms with Gasteiger partial charge < -0.3 is 15.0 Å². The van der Waals surface area contributed by atoms with E-state index in [1.54, 1.807) is 6.92 Å². The molecule has 1 fully saturated rings. The second kappa shape index (κ2) is 12.6. The Morgan fingerprint density at radius 1 is 1.14 bits per heavy atom. The summed E-state index contributed by atoms with van der Waals surface area (Å²) in [6.45, 7) is 1.05. The van der Waals surface area contributed by atoms with Gasteiger partial charge in [0.25, 0.3) is 0 Å². The van der Waals surface area contributed by atoms with E-state index in [4.69, 9.17) is 16.3 Å². The number of nitrogens with zero attached hydrogens (tertiary/aromatic N) is 2. The van der Waals surface area contributed by atoms with Crippen molar-refractivity contribution >= 4 is 39.1 Å². The van der Waals surface area contributed by atoms with Gasteiger partial charge in [-0.2, -0.15) is 0 Å². The van der Waals surface area contributed by atoms with Crippen molar-refractivity contribution in [1.82, 2.24) is 10.2 Å². The van der Waals surface area contributed by atoms with Crippen molar-refractivity contribution in [2.45, 2.75) is 57.7 Å². The van der Waals surface area contributed by atoms with E-state index in [0.717, 1.165) is 42.7 Å². The third-order valence-corrected chi connectivity index (χ3v) is 7.92. The van der Waals surface area contributed by atoms with E-state index in [-0.39, 0.29) is 29.2 Å². The maximum Gasteiger partial charge on any atom is 0.244 e. The van der Waals surface area contributed by atoms with E-state index in [1.165, 1.54) is 54.5 Å². The van der Waals surface area contributed by atoms with Gasteiger partial charge in [0.15, 0.2) is 0 Å². The second-order valence-electron chi connectivity index (χ2n) is 9.26. The van der Waals surface area contributed by atoms with Crippen LogP contribution in [0.1, 0.15) is 44.6 Å². The Labute approximate surface area is 222 Å². The lowest BCUT2D eigenvalue weighted by Gasteiger charge is -2.33. The largest absolute Gasteiger partial charge is 0.495 e. The fourth-order valence-electron chi connectivity index (χ4n) is 4.36. The molecule has 2 aromatic carbocycles. The average molecular weight is 554 g/mol. The molecule has 8 nitrogen and oxygen atoms in total.